The molecule has 52 heavy (non-hydrogen) atoms. The molecule has 1 nitrogen and oxygen atoms in total. The van der Waals surface area contributed by atoms with Crippen molar-refractivity contribution in [2.45, 2.75) is 19.3 Å². The van der Waals surface area contributed by atoms with Gasteiger partial charge in [-0.3, -0.25) is 0 Å². The van der Waals surface area contributed by atoms with E-state index < -0.39 is 0 Å². The van der Waals surface area contributed by atoms with Crippen molar-refractivity contribution in [3.05, 3.63) is 210 Å². The van der Waals surface area contributed by atoms with Gasteiger partial charge in [0.1, 0.15) is 0 Å². The van der Waals surface area contributed by atoms with Crippen molar-refractivity contribution < 1.29 is 0 Å². The van der Waals surface area contributed by atoms with Gasteiger partial charge in [-0.2, -0.15) is 0 Å². The van der Waals surface area contributed by atoms with Gasteiger partial charge in [0.2, 0.25) is 0 Å². The molecule has 1 aliphatic rings. The second kappa shape index (κ2) is 12.4. The largest absolute Gasteiger partial charge is 0.310 e. The lowest BCUT2D eigenvalue weighted by Gasteiger charge is -2.29. The van der Waals surface area contributed by atoms with Crippen molar-refractivity contribution >= 4 is 49.4 Å². The summed E-state index contributed by atoms with van der Waals surface area (Å²) >= 11 is 0. The smallest absolute Gasteiger partial charge is 0.0468 e. The first-order chi connectivity index (χ1) is 25.7. The molecule has 9 aromatic rings. The molecule has 0 aliphatic heterocycles. The Morgan fingerprint density at radius 2 is 1.00 bits per heavy atom. The summed E-state index contributed by atoms with van der Waals surface area (Å²) in [6.07, 6.45) is 1.01. The van der Waals surface area contributed by atoms with Crippen molar-refractivity contribution in [2.75, 3.05) is 4.90 Å². The van der Waals surface area contributed by atoms with Gasteiger partial charge in [-0.15, -0.1) is 0 Å². The molecule has 1 atom stereocenters. The average Bonchev–Trinajstić information content (AvgIpc) is 3.21. The highest BCUT2D eigenvalue weighted by atomic mass is 15.1. The van der Waals surface area contributed by atoms with Crippen LogP contribution in [-0.2, 0) is 6.42 Å². The van der Waals surface area contributed by atoms with Gasteiger partial charge in [0, 0.05) is 23.0 Å². The van der Waals surface area contributed by atoms with Crippen LogP contribution in [-0.4, -0.2) is 0 Å². The van der Waals surface area contributed by atoms with Gasteiger partial charge in [0.25, 0.3) is 0 Å². The van der Waals surface area contributed by atoms with Gasteiger partial charge < -0.3 is 4.90 Å². The van der Waals surface area contributed by atoms with Crippen molar-refractivity contribution in [1.82, 2.24) is 0 Å². The molecular formula is C51H37N. The number of fused-ring (bicyclic) bond motifs is 9. The van der Waals surface area contributed by atoms with Gasteiger partial charge in [-0.1, -0.05) is 146 Å². The summed E-state index contributed by atoms with van der Waals surface area (Å²) < 4.78 is 0. The van der Waals surface area contributed by atoms with E-state index in [2.05, 4.69) is 200 Å². The van der Waals surface area contributed by atoms with E-state index in [-0.39, 0.29) is 0 Å². The maximum atomic E-state index is 2.40. The molecule has 0 spiro atoms. The standard InChI is InChI=1S/C51H37N/c1-34-12-11-15-40(30-34)52(41-28-29-48-44-18-6-5-16-42(44)43-17-7-10-21-47(43)51(48)33-41)39-26-24-35(25-27-39)37-22-23-38-32-49(36-13-3-2-4-14-36)45-19-8-9-20-46(45)50(38)31-37/h2-31,33,49H,32H2,1H3. The molecule has 0 saturated heterocycles. The Morgan fingerprint density at radius 1 is 0.404 bits per heavy atom. The van der Waals surface area contributed by atoms with Crippen molar-refractivity contribution in [3.8, 4) is 22.3 Å². The normalized spacial score (nSPS) is 13.6. The van der Waals surface area contributed by atoms with E-state index in [1.54, 1.807) is 0 Å². The number of hydrogen-bond donors (Lipinski definition) is 0. The third kappa shape index (κ3) is 5.09. The minimum atomic E-state index is 0.370. The van der Waals surface area contributed by atoms with Crippen molar-refractivity contribution in [2.24, 2.45) is 0 Å². The first kappa shape index (κ1) is 30.4. The van der Waals surface area contributed by atoms with Crippen LogP contribution < -0.4 is 4.90 Å². The third-order valence-corrected chi connectivity index (χ3v) is 11.1. The molecule has 0 radical (unpaired) electrons. The zero-order chi connectivity index (χ0) is 34.6. The molecule has 246 valence electrons. The second-order valence-electron chi connectivity index (χ2n) is 14.2. The molecule has 9 aromatic carbocycles. The molecule has 0 fully saturated rings. The summed E-state index contributed by atoms with van der Waals surface area (Å²) in [6, 6.07) is 69.5. The van der Waals surface area contributed by atoms with Gasteiger partial charge in [0.05, 0.1) is 0 Å². The van der Waals surface area contributed by atoms with Crippen LogP contribution >= 0.6 is 0 Å². The van der Waals surface area contributed by atoms with Crippen LogP contribution in [0, 0.1) is 6.92 Å². The lowest BCUT2D eigenvalue weighted by atomic mass is 9.75. The Labute approximate surface area is 305 Å². The van der Waals surface area contributed by atoms with E-state index in [9.17, 15) is 0 Å². The number of benzene rings is 9. The van der Waals surface area contributed by atoms with E-state index in [1.807, 2.05) is 0 Å². The lowest BCUT2D eigenvalue weighted by molar-refractivity contribution is 0.794. The number of aryl methyl sites for hydroxylation is 1. The predicted octanol–water partition coefficient (Wildman–Crippen LogP) is 13.9. The summed E-state index contributed by atoms with van der Waals surface area (Å²) in [7, 11) is 0. The highest BCUT2D eigenvalue weighted by Crippen LogP contribution is 2.45. The fraction of sp³-hybridized carbons (Fsp3) is 0.0588. The van der Waals surface area contributed by atoms with Gasteiger partial charge in [-0.05, 0) is 133 Å². The minimum absolute atomic E-state index is 0.370. The van der Waals surface area contributed by atoms with E-state index in [0.717, 1.165) is 23.5 Å². The van der Waals surface area contributed by atoms with Crippen molar-refractivity contribution in [1.29, 1.82) is 0 Å². The summed E-state index contributed by atoms with van der Waals surface area (Å²) in [6.45, 7) is 2.17. The zero-order valence-electron chi connectivity index (χ0n) is 29.1. The molecular weight excluding hydrogens is 627 g/mol. The molecule has 1 unspecified atom stereocenters. The Balaban J connectivity index is 1.06. The molecule has 1 heteroatoms. The van der Waals surface area contributed by atoms with Crippen LogP contribution in [0.2, 0.25) is 0 Å². The average molecular weight is 664 g/mol. The van der Waals surface area contributed by atoms with E-state index in [0.29, 0.717) is 5.92 Å². The molecule has 0 aromatic heterocycles. The summed E-state index contributed by atoms with van der Waals surface area (Å²) in [5, 5.41) is 7.70. The van der Waals surface area contributed by atoms with Crippen molar-refractivity contribution in [3.63, 3.8) is 0 Å². The molecule has 10 rings (SSSR count). The van der Waals surface area contributed by atoms with Crippen LogP contribution in [0.15, 0.2) is 188 Å². The Kier molecular flexibility index (Phi) is 7.25. The second-order valence-corrected chi connectivity index (χ2v) is 14.2. The van der Waals surface area contributed by atoms with E-state index in [1.165, 1.54) is 76.8 Å². The van der Waals surface area contributed by atoms with Crippen LogP contribution in [0.25, 0.3) is 54.6 Å². The molecule has 1 aliphatic carbocycles. The Bertz CT molecular complexity index is 2740. The maximum absolute atomic E-state index is 2.40. The highest BCUT2D eigenvalue weighted by molar-refractivity contribution is 6.25. The summed E-state index contributed by atoms with van der Waals surface area (Å²) in [4.78, 5) is 2.40. The number of hydrogen-bond acceptors (Lipinski definition) is 1. The summed E-state index contributed by atoms with van der Waals surface area (Å²) in [5.74, 6) is 0.370. The van der Waals surface area contributed by atoms with Crippen LogP contribution in [0.3, 0.4) is 0 Å². The predicted molar refractivity (Wildman–Crippen MR) is 221 cm³/mol. The fourth-order valence-corrected chi connectivity index (χ4v) is 8.60. The third-order valence-electron chi connectivity index (χ3n) is 11.1. The minimum Gasteiger partial charge on any atom is -0.310 e. The molecule has 0 bridgehead atoms. The SMILES string of the molecule is Cc1cccc(N(c2ccc(-c3ccc4c(c3)-c3ccccc3C(c3ccccc3)C4)cc2)c2ccc3c4ccccc4c4ccccc4c3c2)c1. The summed E-state index contributed by atoms with van der Waals surface area (Å²) in [5.41, 5.74) is 14.0. The quantitative estimate of drug-likeness (QED) is 0.166. The molecule has 0 N–H and O–H groups in total. The van der Waals surface area contributed by atoms with Crippen LogP contribution in [0.4, 0.5) is 17.1 Å². The van der Waals surface area contributed by atoms with E-state index >= 15 is 0 Å². The van der Waals surface area contributed by atoms with E-state index in [4.69, 9.17) is 0 Å². The first-order valence-electron chi connectivity index (χ1n) is 18.3. The molecule has 0 amide bonds. The topological polar surface area (TPSA) is 3.24 Å². The fourth-order valence-electron chi connectivity index (χ4n) is 8.60. The molecule has 0 heterocycles. The Morgan fingerprint density at radius 3 is 1.73 bits per heavy atom. The van der Waals surface area contributed by atoms with Crippen LogP contribution in [0.5, 0.6) is 0 Å². The van der Waals surface area contributed by atoms with Gasteiger partial charge >= 0.3 is 0 Å². The maximum Gasteiger partial charge on any atom is 0.0468 e. The monoisotopic (exact) mass is 663 g/mol. The van der Waals surface area contributed by atoms with Gasteiger partial charge in [-0.25, -0.2) is 0 Å². The number of nitrogens with zero attached hydrogens (tertiary/aromatic N) is 1. The lowest BCUT2D eigenvalue weighted by Crippen LogP contribution is -2.12. The van der Waals surface area contributed by atoms with Gasteiger partial charge in [0.15, 0.2) is 0 Å². The van der Waals surface area contributed by atoms with Crippen LogP contribution in [0.1, 0.15) is 28.2 Å². The number of rotatable bonds is 5. The molecule has 0 saturated carbocycles. The highest BCUT2D eigenvalue weighted by Gasteiger charge is 2.26. The first-order valence-corrected chi connectivity index (χ1v) is 18.3. The number of anilines is 3. The Hall–Kier alpha value is -6.44. The zero-order valence-corrected chi connectivity index (χ0v) is 29.1.